The van der Waals surface area contributed by atoms with Crippen molar-refractivity contribution in [1.29, 1.82) is 0 Å². The Hall–Kier alpha value is -3.29. The van der Waals surface area contributed by atoms with Gasteiger partial charge in [0.05, 0.1) is 22.2 Å². The number of carbonyl (C=O) groups excluding carboxylic acids is 1. The molecule has 1 aromatic heterocycles. The average Bonchev–Trinajstić information content (AvgIpc) is 3.68. The molecule has 36 heavy (non-hydrogen) atoms. The van der Waals surface area contributed by atoms with Gasteiger partial charge in [-0.2, -0.15) is 0 Å². The number of nitrogens with one attached hydrogen (secondary N) is 2. The Labute approximate surface area is 219 Å². The van der Waals surface area contributed by atoms with E-state index < -0.39 is 17.9 Å². The standard InChI is InChI=1S/C27H27Cl2N3O4/c28-21-4-2-5-22(29)25(21)26(33)32-23(27(34)35)15-17-9-11-20(12-10-17)36-14-13-19-3-1-6-24(31-19)30-16-18-7-8-18/h1-6,9-12,18,23H,7-8,13-16H2,(H,30,31)(H,32,33)(H,34,35)/t23-/m0/s1. The van der Waals surface area contributed by atoms with E-state index in [1.807, 2.05) is 18.2 Å². The lowest BCUT2D eigenvalue weighted by atomic mass is 10.1. The number of ether oxygens (including phenoxy) is 1. The molecule has 0 spiro atoms. The lowest BCUT2D eigenvalue weighted by Crippen LogP contribution is -2.42. The maximum Gasteiger partial charge on any atom is 0.326 e. The molecule has 7 nitrogen and oxygen atoms in total. The van der Waals surface area contributed by atoms with E-state index in [-0.39, 0.29) is 22.0 Å². The number of aliphatic carboxylic acids is 1. The Morgan fingerprint density at radius 1 is 1.03 bits per heavy atom. The van der Waals surface area contributed by atoms with E-state index in [4.69, 9.17) is 27.9 Å². The van der Waals surface area contributed by atoms with Crippen LogP contribution in [0.2, 0.25) is 10.0 Å². The summed E-state index contributed by atoms with van der Waals surface area (Å²) >= 11 is 12.1. The largest absolute Gasteiger partial charge is 0.493 e. The zero-order valence-electron chi connectivity index (χ0n) is 19.5. The van der Waals surface area contributed by atoms with Gasteiger partial charge in [0.2, 0.25) is 0 Å². The molecule has 1 aliphatic rings. The molecule has 1 amide bonds. The molecule has 1 saturated carbocycles. The summed E-state index contributed by atoms with van der Waals surface area (Å²) in [5, 5.41) is 15.8. The Kier molecular flexibility index (Phi) is 8.67. The first-order valence-corrected chi connectivity index (χ1v) is 12.5. The van der Waals surface area contributed by atoms with Crippen LogP contribution in [0.25, 0.3) is 0 Å². The van der Waals surface area contributed by atoms with Gasteiger partial charge in [0, 0.05) is 25.1 Å². The number of carboxylic acid groups (broad SMARTS) is 1. The molecule has 1 atom stereocenters. The number of amides is 1. The first-order valence-electron chi connectivity index (χ1n) is 11.8. The van der Waals surface area contributed by atoms with Gasteiger partial charge in [0.15, 0.2) is 0 Å². The third kappa shape index (κ3) is 7.35. The van der Waals surface area contributed by atoms with Crippen molar-refractivity contribution >= 4 is 40.9 Å². The topological polar surface area (TPSA) is 101 Å². The highest BCUT2D eigenvalue weighted by atomic mass is 35.5. The summed E-state index contributed by atoms with van der Waals surface area (Å²) in [5.41, 5.74) is 1.73. The lowest BCUT2D eigenvalue weighted by molar-refractivity contribution is -0.139. The molecule has 0 saturated heterocycles. The monoisotopic (exact) mass is 527 g/mol. The summed E-state index contributed by atoms with van der Waals surface area (Å²) < 4.78 is 5.84. The zero-order valence-corrected chi connectivity index (χ0v) is 21.1. The molecule has 0 aliphatic heterocycles. The van der Waals surface area contributed by atoms with E-state index in [0.29, 0.717) is 18.8 Å². The van der Waals surface area contributed by atoms with Crippen LogP contribution in [0.3, 0.4) is 0 Å². The first-order chi connectivity index (χ1) is 17.4. The van der Waals surface area contributed by atoms with Crippen LogP contribution in [0.15, 0.2) is 60.7 Å². The highest BCUT2D eigenvalue weighted by molar-refractivity contribution is 6.39. The predicted octanol–water partition coefficient (Wildman–Crippen LogP) is 5.26. The van der Waals surface area contributed by atoms with E-state index in [9.17, 15) is 14.7 Å². The third-order valence-electron chi connectivity index (χ3n) is 5.86. The maximum atomic E-state index is 12.6. The van der Waals surface area contributed by atoms with Gasteiger partial charge in [-0.05, 0) is 60.7 Å². The summed E-state index contributed by atoms with van der Waals surface area (Å²) in [6.07, 6.45) is 3.34. The van der Waals surface area contributed by atoms with Crippen molar-refractivity contribution in [3.05, 3.63) is 87.5 Å². The zero-order chi connectivity index (χ0) is 25.5. The Bertz CT molecular complexity index is 1200. The van der Waals surface area contributed by atoms with E-state index in [1.165, 1.54) is 25.0 Å². The van der Waals surface area contributed by atoms with Gasteiger partial charge in [-0.15, -0.1) is 0 Å². The summed E-state index contributed by atoms with van der Waals surface area (Å²) in [6.45, 7) is 1.43. The average molecular weight is 528 g/mol. The van der Waals surface area contributed by atoms with Crippen molar-refractivity contribution in [2.45, 2.75) is 31.7 Å². The number of rotatable bonds is 12. The minimum Gasteiger partial charge on any atom is -0.493 e. The Balaban J connectivity index is 1.28. The fourth-order valence-corrected chi connectivity index (χ4v) is 4.23. The molecule has 9 heteroatoms. The molecule has 4 rings (SSSR count). The van der Waals surface area contributed by atoms with Crippen LogP contribution in [0, 0.1) is 5.92 Å². The molecular weight excluding hydrogens is 501 g/mol. The molecule has 0 bridgehead atoms. The molecule has 1 fully saturated rings. The van der Waals surface area contributed by atoms with E-state index in [0.717, 1.165) is 29.5 Å². The summed E-state index contributed by atoms with van der Waals surface area (Å²) in [6, 6.07) is 16.6. The van der Waals surface area contributed by atoms with Gasteiger partial charge in [0.25, 0.3) is 5.91 Å². The third-order valence-corrected chi connectivity index (χ3v) is 6.49. The Morgan fingerprint density at radius 3 is 2.39 bits per heavy atom. The van der Waals surface area contributed by atoms with Crippen molar-refractivity contribution in [2.24, 2.45) is 5.92 Å². The smallest absolute Gasteiger partial charge is 0.326 e. The van der Waals surface area contributed by atoms with E-state index in [2.05, 4.69) is 15.6 Å². The number of anilines is 1. The van der Waals surface area contributed by atoms with Crippen LogP contribution in [0.4, 0.5) is 5.82 Å². The molecule has 0 radical (unpaired) electrons. The first kappa shape index (κ1) is 25.8. The number of hydrogen-bond donors (Lipinski definition) is 3. The predicted molar refractivity (Wildman–Crippen MR) is 140 cm³/mol. The lowest BCUT2D eigenvalue weighted by Gasteiger charge is -2.16. The highest BCUT2D eigenvalue weighted by Crippen LogP contribution is 2.28. The van der Waals surface area contributed by atoms with Crippen molar-refractivity contribution in [3.8, 4) is 5.75 Å². The van der Waals surface area contributed by atoms with Gasteiger partial charge < -0.3 is 20.5 Å². The molecule has 0 unspecified atom stereocenters. The van der Waals surface area contributed by atoms with Crippen LogP contribution < -0.4 is 15.4 Å². The van der Waals surface area contributed by atoms with Gasteiger partial charge in [-0.1, -0.05) is 47.5 Å². The number of pyridine rings is 1. The van der Waals surface area contributed by atoms with Crippen LogP contribution in [0.5, 0.6) is 5.75 Å². The molecule has 1 aliphatic carbocycles. The second kappa shape index (κ2) is 12.1. The van der Waals surface area contributed by atoms with Crippen LogP contribution in [0.1, 0.15) is 34.5 Å². The summed E-state index contributed by atoms with van der Waals surface area (Å²) in [4.78, 5) is 29.0. The summed E-state index contributed by atoms with van der Waals surface area (Å²) in [5.74, 6) is 0.539. The number of carboxylic acids is 1. The number of benzene rings is 2. The van der Waals surface area contributed by atoms with Crippen molar-refractivity contribution in [2.75, 3.05) is 18.5 Å². The van der Waals surface area contributed by atoms with Gasteiger partial charge in [0.1, 0.15) is 17.6 Å². The molecule has 2 aromatic carbocycles. The minimum absolute atomic E-state index is 0.0505. The molecular formula is C27H27Cl2N3O4. The Morgan fingerprint density at radius 2 is 1.72 bits per heavy atom. The molecule has 188 valence electrons. The van der Waals surface area contributed by atoms with Crippen molar-refractivity contribution in [3.63, 3.8) is 0 Å². The maximum absolute atomic E-state index is 12.6. The number of carbonyl (C=O) groups is 2. The van der Waals surface area contributed by atoms with Gasteiger partial charge >= 0.3 is 5.97 Å². The fourth-order valence-electron chi connectivity index (χ4n) is 3.66. The molecule has 1 heterocycles. The molecule has 3 N–H and O–H groups in total. The second-order valence-electron chi connectivity index (χ2n) is 8.75. The normalized spacial score (nSPS) is 13.6. The second-order valence-corrected chi connectivity index (χ2v) is 9.56. The van der Waals surface area contributed by atoms with Gasteiger partial charge in [-0.3, -0.25) is 4.79 Å². The number of halogens is 2. The SMILES string of the molecule is O=C(N[C@@H](Cc1ccc(OCCc2cccc(NCC3CC3)n2)cc1)C(=O)O)c1c(Cl)cccc1Cl. The number of hydrogen-bond acceptors (Lipinski definition) is 5. The minimum atomic E-state index is -1.16. The van der Waals surface area contributed by atoms with Gasteiger partial charge in [-0.25, -0.2) is 9.78 Å². The van der Waals surface area contributed by atoms with Crippen molar-refractivity contribution < 1.29 is 19.4 Å². The fraction of sp³-hybridized carbons (Fsp3) is 0.296. The highest BCUT2D eigenvalue weighted by Gasteiger charge is 2.24. The van der Waals surface area contributed by atoms with E-state index >= 15 is 0 Å². The number of aromatic nitrogens is 1. The van der Waals surface area contributed by atoms with E-state index in [1.54, 1.807) is 30.3 Å². The van der Waals surface area contributed by atoms with Crippen molar-refractivity contribution in [1.82, 2.24) is 10.3 Å². The molecule has 3 aromatic rings. The quantitative estimate of drug-likeness (QED) is 0.297. The number of nitrogens with zero attached hydrogens (tertiary/aromatic N) is 1. The van der Waals surface area contributed by atoms with Crippen LogP contribution in [-0.4, -0.2) is 41.2 Å². The van der Waals surface area contributed by atoms with Crippen LogP contribution in [-0.2, 0) is 17.6 Å². The summed E-state index contributed by atoms with van der Waals surface area (Å²) in [7, 11) is 0. The van der Waals surface area contributed by atoms with Crippen LogP contribution >= 0.6 is 23.2 Å².